The van der Waals surface area contributed by atoms with Gasteiger partial charge in [-0.05, 0) is 33.7 Å². The second-order valence-corrected chi connectivity index (χ2v) is 8.25. The maximum atomic E-state index is 12.5. The summed E-state index contributed by atoms with van der Waals surface area (Å²) < 4.78 is 11.0. The van der Waals surface area contributed by atoms with E-state index >= 15 is 0 Å². The summed E-state index contributed by atoms with van der Waals surface area (Å²) in [6.07, 6.45) is -2.93. The van der Waals surface area contributed by atoms with Crippen molar-refractivity contribution in [3.8, 4) is 11.5 Å². The summed E-state index contributed by atoms with van der Waals surface area (Å²) in [7, 11) is 3.15. The summed E-state index contributed by atoms with van der Waals surface area (Å²) in [4.78, 5) is 39.6. The first-order chi connectivity index (χ1) is 16.5. The van der Waals surface area contributed by atoms with E-state index in [1.807, 2.05) is 60.7 Å². The van der Waals surface area contributed by atoms with Crippen LogP contribution < -0.4 is 9.47 Å². The summed E-state index contributed by atoms with van der Waals surface area (Å²) in [5.41, 5.74) is 1.33. The number of hydrogen-bond donors (Lipinski definition) is 0. The summed E-state index contributed by atoms with van der Waals surface area (Å²) >= 11 is 0. The zero-order valence-corrected chi connectivity index (χ0v) is 18.4. The van der Waals surface area contributed by atoms with Gasteiger partial charge < -0.3 is 9.47 Å². The normalized spacial score (nSPS) is 19.6. The molecule has 4 aromatic rings. The number of carbonyl (C=O) groups excluding carboxylic acids is 2. The van der Waals surface area contributed by atoms with Crippen LogP contribution in [0, 0.1) is 0 Å². The van der Waals surface area contributed by atoms with Crippen molar-refractivity contribution in [1.82, 2.24) is 9.80 Å². The molecule has 2 aliphatic rings. The van der Waals surface area contributed by atoms with E-state index in [0.29, 0.717) is 22.6 Å². The quantitative estimate of drug-likeness (QED) is 0.298. The molecule has 0 spiro atoms. The minimum absolute atomic E-state index is 0.401. The van der Waals surface area contributed by atoms with E-state index in [0.717, 1.165) is 21.5 Å². The monoisotopic (exact) mass is 456 g/mol. The van der Waals surface area contributed by atoms with Crippen LogP contribution in [0.3, 0.4) is 0 Å². The molecular weight excluding hydrogens is 436 g/mol. The highest BCUT2D eigenvalue weighted by atomic mass is 17.2. The molecule has 0 saturated heterocycles. The van der Waals surface area contributed by atoms with Gasteiger partial charge in [0.1, 0.15) is 11.5 Å². The number of rotatable bonds is 3. The Bertz CT molecular complexity index is 1360. The van der Waals surface area contributed by atoms with Gasteiger partial charge in [0, 0.05) is 14.1 Å². The number of ether oxygens (including phenoxy) is 2. The Labute approximate surface area is 194 Å². The fourth-order valence-electron chi connectivity index (χ4n) is 4.48. The number of hydrogen-bond acceptors (Lipinski definition) is 6. The summed E-state index contributed by atoms with van der Waals surface area (Å²) in [5, 5.41) is 3.68. The summed E-state index contributed by atoms with van der Waals surface area (Å²) in [6, 6.07) is 22.8. The molecule has 0 N–H and O–H groups in total. The van der Waals surface area contributed by atoms with Gasteiger partial charge in [0.05, 0.1) is 11.1 Å². The van der Waals surface area contributed by atoms with Gasteiger partial charge in [0.2, 0.25) is 0 Å². The largest absolute Gasteiger partial charge is 0.417 e. The molecule has 0 fully saturated rings. The standard InChI is InChI=1S/C26H20N2O6/c1-27-23(21-17-9-5-3-7-15(17)11-13-19(21)31-25(27)29)33-34-24-22-18-10-6-4-8-16(18)12-14-20(22)32-26(30)28(24)2/h3-14,23-24H,1-2H3/t23-,24+. The molecule has 2 atom stereocenters. The molecule has 0 unspecified atom stereocenters. The Balaban J connectivity index is 1.42. The lowest BCUT2D eigenvalue weighted by atomic mass is 10.0. The predicted molar refractivity (Wildman–Crippen MR) is 123 cm³/mol. The van der Waals surface area contributed by atoms with E-state index in [2.05, 4.69) is 0 Å². The topological polar surface area (TPSA) is 77.5 Å². The second kappa shape index (κ2) is 7.72. The van der Waals surface area contributed by atoms with Crippen molar-refractivity contribution < 1.29 is 28.8 Å². The average molecular weight is 456 g/mol. The van der Waals surface area contributed by atoms with E-state index < -0.39 is 24.6 Å². The maximum absolute atomic E-state index is 12.5. The van der Waals surface area contributed by atoms with E-state index in [4.69, 9.17) is 19.2 Å². The molecule has 8 nitrogen and oxygen atoms in total. The Morgan fingerprint density at radius 1 is 0.618 bits per heavy atom. The average Bonchev–Trinajstić information content (AvgIpc) is 2.86. The van der Waals surface area contributed by atoms with Crippen LogP contribution in [-0.2, 0) is 9.78 Å². The molecule has 170 valence electrons. The van der Waals surface area contributed by atoms with Crippen molar-refractivity contribution in [2.75, 3.05) is 14.1 Å². The lowest BCUT2D eigenvalue weighted by Gasteiger charge is -2.36. The number of nitrogens with zero attached hydrogens (tertiary/aromatic N) is 2. The molecule has 2 aliphatic heterocycles. The fraction of sp³-hybridized carbons (Fsp3) is 0.154. The molecule has 0 bridgehead atoms. The van der Waals surface area contributed by atoms with E-state index in [1.165, 1.54) is 9.80 Å². The second-order valence-electron chi connectivity index (χ2n) is 8.25. The van der Waals surface area contributed by atoms with Crippen molar-refractivity contribution >= 4 is 33.7 Å². The first-order valence-corrected chi connectivity index (χ1v) is 10.8. The van der Waals surface area contributed by atoms with Crippen LogP contribution in [-0.4, -0.2) is 36.1 Å². The Morgan fingerprint density at radius 2 is 1.03 bits per heavy atom. The molecule has 4 aromatic carbocycles. The fourth-order valence-corrected chi connectivity index (χ4v) is 4.48. The number of carbonyl (C=O) groups is 2. The van der Waals surface area contributed by atoms with E-state index in [1.54, 1.807) is 26.2 Å². The molecule has 0 radical (unpaired) electrons. The zero-order valence-electron chi connectivity index (χ0n) is 18.4. The molecule has 8 heteroatoms. The number of amides is 2. The van der Waals surface area contributed by atoms with Gasteiger partial charge in [-0.15, -0.1) is 0 Å². The summed E-state index contributed by atoms with van der Waals surface area (Å²) in [5.74, 6) is 0.801. The van der Waals surface area contributed by atoms with E-state index in [9.17, 15) is 9.59 Å². The molecule has 34 heavy (non-hydrogen) atoms. The molecule has 2 amide bonds. The van der Waals surface area contributed by atoms with Gasteiger partial charge in [-0.3, -0.25) is 9.80 Å². The first kappa shape index (κ1) is 20.5. The highest BCUT2D eigenvalue weighted by Crippen LogP contribution is 2.44. The Kier molecular flexibility index (Phi) is 4.65. The van der Waals surface area contributed by atoms with Gasteiger partial charge in [-0.25, -0.2) is 19.4 Å². The van der Waals surface area contributed by atoms with Gasteiger partial charge in [-0.1, -0.05) is 60.7 Å². The van der Waals surface area contributed by atoms with Crippen LogP contribution in [0.25, 0.3) is 21.5 Å². The lowest BCUT2D eigenvalue weighted by Crippen LogP contribution is -2.42. The van der Waals surface area contributed by atoms with Crippen LogP contribution in [0.2, 0.25) is 0 Å². The van der Waals surface area contributed by atoms with Gasteiger partial charge >= 0.3 is 12.2 Å². The van der Waals surface area contributed by atoms with Crippen molar-refractivity contribution in [2.24, 2.45) is 0 Å². The Hall–Kier alpha value is -4.14. The third kappa shape index (κ3) is 3.07. The van der Waals surface area contributed by atoms with Crippen LogP contribution >= 0.6 is 0 Å². The molecule has 6 rings (SSSR count). The smallest absolute Gasteiger partial charge is 0.410 e. The van der Waals surface area contributed by atoms with Gasteiger partial charge in [-0.2, -0.15) is 0 Å². The van der Waals surface area contributed by atoms with Crippen molar-refractivity contribution in [2.45, 2.75) is 12.5 Å². The third-order valence-corrected chi connectivity index (χ3v) is 6.27. The van der Waals surface area contributed by atoms with Crippen LogP contribution in [0.1, 0.15) is 23.6 Å². The van der Waals surface area contributed by atoms with Crippen LogP contribution in [0.5, 0.6) is 11.5 Å². The summed E-state index contributed by atoms with van der Waals surface area (Å²) in [6.45, 7) is 0. The molecular formula is C26H20N2O6. The lowest BCUT2D eigenvalue weighted by molar-refractivity contribution is -0.394. The van der Waals surface area contributed by atoms with Crippen LogP contribution in [0.15, 0.2) is 72.8 Å². The highest BCUT2D eigenvalue weighted by molar-refractivity contribution is 5.91. The third-order valence-electron chi connectivity index (χ3n) is 6.27. The van der Waals surface area contributed by atoms with E-state index in [-0.39, 0.29) is 0 Å². The minimum atomic E-state index is -0.896. The van der Waals surface area contributed by atoms with Crippen molar-refractivity contribution in [3.05, 3.63) is 83.9 Å². The molecule has 0 aliphatic carbocycles. The van der Waals surface area contributed by atoms with Gasteiger partial charge in [0.15, 0.2) is 12.5 Å². The molecule has 0 aromatic heterocycles. The first-order valence-electron chi connectivity index (χ1n) is 10.8. The van der Waals surface area contributed by atoms with Crippen LogP contribution in [0.4, 0.5) is 9.59 Å². The molecule has 2 heterocycles. The van der Waals surface area contributed by atoms with Gasteiger partial charge in [0.25, 0.3) is 0 Å². The predicted octanol–water partition coefficient (Wildman–Crippen LogP) is 5.53. The van der Waals surface area contributed by atoms with Crippen molar-refractivity contribution in [3.63, 3.8) is 0 Å². The minimum Gasteiger partial charge on any atom is -0.410 e. The zero-order chi connectivity index (χ0) is 23.4. The molecule has 0 saturated carbocycles. The SMILES string of the molecule is CN1C(=O)Oc2ccc3ccccc3c2[C@H]1OO[C@H]1c2c(ccc3ccccc23)OC(=O)N1C. The maximum Gasteiger partial charge on any atom is 0.417 e. The van der Waals surface area contributed by atoms with Crippen molar-refractivity contribution in [1.29, 1.82) is 0 Å². The number of fused-ring (bicyclic) bond motifs is 6. The highest BCUT2D eigenvalue weighted by Gasteiger charge is 2.39. The Morgan fingerprint density at radius 3 is 1.47 bits per heavy atom. The number of benzene rings is 4.